The Morgan fingerprint density at radius 1 is 1.27 bits per heavy atom. The molecule has 0 aromatic heterocycles. The lowest BCUT2D eigenvalue weighted by atomic mass is 9.95. The first-order valence-corrected chi connectivity index (χ1v) is 4.43. The van der Waals surface area contributed by atoms with Crippen LogP contribution in [0, 0.1) is 17.2 Å². The maximum absolute atomic E-state index is 8.78. The Balaban J connectivity index is 3.89. The zero-order valence-electron chi connectivity index (χ0n) is 7.72. The summed E-state index contributed by atoms with van der Waals surface area (Å²) in [6, 6.07) is 2.34. The van der Waals surface area contributed by atoms with Gasteiger partial charge >= 0.3 is 0 Å². The second-order valence-electron chi connectivity index (χ2n) is 2.74. The molecule has 0 aliphatic carbocycles. The lowest BCUT2D eigenvalue weighted by Gasteiger charge is -2.18. The van der Waals surface area contributed by atoms with Crippen molar-refractivity contribution in [1.82, 2.24) is 5.32 Å². The minimum absolute atomic E-state index is 0.0509. The largest absolute Gasteiger partial charge is 0.302 e. The molecule has 1 N–H and O–H groups in total. The van der Waals surface area contributed by atoms with E-state index in [-0.39, 0.29) is 6.04 Å². The molecule has 64 valence electrons. The zero-order chi connectivity index (χ0) is 8.69. The molecule has 0 aromatic carbocycles. The van der Waals surface area contributed by atoms with Crippen LogP contribution >= 0.6 is 0 Å². The van der Waals surface area contributed by atoms with Crippen molar-refractivity contribution in [1.29, 1.82) is 5.26 Å². The molecule has 0 radical (unpaired) electrons. The molecule has 1 unspecified atom stereocenters. The van der Waals surface area contributed by atoms with Crippen LogP contribution < -0.4 is 5.32 Å². The summed E-state index contributed by atoms with van der Waals surface area (Å²) in [6.45, 7) is 7.19. The van der Waals surface area contributed by atoms with Crippen molar-refractivity contribution >= 4 is 0 Å². The van der Waals surface area contributed by atoms with E-state index < -0.39 is 0 Å². The highest BCUT2D eigenvalue weighted by Crippen LogP contribution is 2.11. The fraction of sp³-hybridized carbons (Fsp3) is 0.889. The molecular weight excluding hydrogens is 136 g/mol. The summed E-state index contributed by atoms with van der Waals surface area (Å²) >= 11 is 0. The third-order valence-corrected chi connectivity index (χ3v) is 2.08. The van der Waals surface area contributed by atoms with Crippen molar-refractivity contribution in [2.45, 2.75) is 39.7 Å². The second-order valence-corrected chi connectivity index (χ2v) is 2.74. The molecule has 2 nitrogen and oxygen atoms in total. The van der Waals surface area contributed by atoms with E-state index in [1.54, 1.807) is 0 Å². The Hall–Kier alpha value is -0.550. The SMILES string of the molecule is CCNC(C#N)C(CC)CC. The quantitative estimate of drug-likeness (QED) is 0.656. The molecule has 0 amide bonds. The monoisotopic (exact) mass is 154 g/mol. The number of hydrogen-bond donors (Lipinski definition) is 1. The van der Waals surface area contributed by atoms with Crippen molar-refractivity contribution in [3.8, 4) is 6.07 Å². The van der Waals surface area contributed by atoms with Crippen LogP contribution in [-0.4, -0.2) is 12.6 Å². The summed E-state index contributed by atoms with van der Waals surface area (Å²) in [6.07, 6.45) is 2.17. The van der Waals surface area contributed by atoms with Crippen LogP contribution in [0.4, 0.5) is 0 Å². The second kappa shape index (κ2) is 6.18. The van der Waals surface area contributed by atoms with Gasteiger partial charge in [0.1, 0.15) is 0 Å². The van der Waals surface area contributed by atoms with E-state index in [1.807, 2.05) is 6.92 Å². The standard InChI is InChI=1S/C9H18N2/c1-4-8(5-2)9(7-10)11-6-3/h8-9,11H,4-6H2,1-3H3. The van der Waals surface area contributed by atoms with Gasteiger partial charge in [-0.05, 0) is 12.5 Å². The van der Waals surface area contributed by atoms with Gasteiger partial charge in [0, 0.05) is 0 Å². The molecule has 0 rings (SSSR count). The van der Waals surface area contributed by atoms with Gasteiger partial charge < -0.3 is 5.32 Å². The summed E-state index contributed by atoms with van der Waals surface area (Å²) in [5.41, 5.74) is 0. The van der Waals surface area contributed by atoms with Crippen LogP contribution in [0.2, 0.25) is 0 Å². The number of nitrogens with zero attached hydrogens (tertiary/aromatic N) is 1. The lowest BCUT2D eigenvalue weighted by Crippen LogP contribution is -2.34. The van der Waals surface area contributed by atoms with E-state index >= 15 is 0 Å². The number of nitrogens with one attached hydrogen (secondary N) is 1. The van der Waals surface area contributed by atoms with Crippen LogP contribution in [-0.2, 0) is 0 Å². The van der Waals surface area contributed by atoms with Gasteiger partial charge in [-0.25, -0.2) is 0 Å². The van der Waals surface area contributed by atoms with Crippen molar-refractivity contribution in [3.05, 3.63) is 0 Å². The highest BCUT2D eigenvalue weighted by Gasteiger charge is 2.15. The smallest absolute Gasteiger partial charge is 0.0981 e. The van der Waals surface area contributed by atoms with Gasteiger partial charge in [0.05, 0.1) is 12.1 Å². The average molecular weight is 154 g/mol. The topological polar surface area (TPSA) is 35.8 Å². The summed E-state index contributed by atoms with van der Waals surface area (Å²) < 4.78 is 0. The Kier molecular flexibility index (Phi) is 5.87. The third kappa shape index (κ3) is 3.38. The third-order valence-electron chi connectivity index (χ3n) is 2.08. The van der Waals surface area contributed by atoms with Crippen molar-refractivity contribution in [2.24, 2.45) is 5.92 Å². The fourth-order valence-corrected chi connectivity index (χ4v) is 1.30. The molecule has 0 bridgehead atoms. The van der Waals surface area contributed by atoms with E-state index in [9.17, 15) is 0 Å². The van der Waals surface area contributed by atoms with Gasteiger partial charge in [-0.1, -0.05) is 33.6 Å². The molecule has 0 aliphatic rings. The molecule has 0 saturated carbocycles. The molecule has 11 heavy (non-hydrogen) atoms. The first-order chi connectivity index (χ1) is 5.29. The minimum Gasteiger partial charge on any atom is -0.302 e. The Morgan fingerprint density at radius 3 is 2.09 bits per heavy atom. The van der Waals surface area contributed by atoms with Crippen LogP contribution in [0.1, 0.15) is 33.6 Å². The number of rotatable bonds is 5. The van der Waals surface area contributed by atoms with Gasteiger partial charge in [0.25, 0.3) is 0 Å². The molecule has 0 saturated heterocycles. The summed E-state index contributed by atoms with van der Waals surface area (Å²) in [4.78, 5) is 0. The molecule has 0 fully saturated rings. The van der Waals surface area contributed by atoms with Crippen LogP contribution in [0.3, 0.4) is 0 Å². The Bertz CT molecular complexity index is 122. The summed E-state index contributed by atoms with van der Waals surface area (Å²) in [7, 11) is 0. The Morgan fingerprint density at radius 2 is 1.82 bits per heavy atom. The summed E-state index contributed by atoms with van der Waals surface area (Å²) in [5, 5.41) is 12.0. The normalized spacial score (nSPS) is 13.0. The van der Waals surface area contributed by atoms with E-state index in [0.717, 1.165) is 19.4 Å². The fourth-order valence-electron chi connectivity index (χ4n) is 1.30. The number of nitriles is 1. The van der Waals surface area contributed by atoms with E-state index in [1.165, 1.54) is 0 Å². The van der Waals surface area contributed by atoms with Gasteiger partial charge in [0.2, 0.25) is 0 Å². The van der Waals surface area contributed by atoms with E-state index in [2.05, 4.69) is 25.2 Å². The van der Waals surface area contributed by atoms with E-state index in [4.69, 9.17) is 5.26 Å². The van der Waals surface area contributed by atoms with Crippen molar-refractivity contribution in [3.63, 3.8) is 0 Å². The predicted octanol–water partition coefficient (Wildman–Crippen LogP) is 1.92. The van der Waals surface area contributed by atoms with Crippen molar-refractivity contribution in [2.75, 3.05) is 6.54 Å². The predicted molar refractivity (Wildman–Crippen MR) is 47.1 cm³/mol. The maximum Gasteiger partial charge on any atom is 0.0981 e. The Labute approximate surface area is 69.6 Å². The minimum atomic E-state index is 0.0509. The maximum atomic E-state index is 8.78. The van der Waals surface area contributed by atoms with E-state index in [0.29, 0.717) is 5.92 Å². The van der Waals surface area contributed by atoms with Crippen LogP contribution in [0.25, 0.3) is 0 Å². The molecule has 0 aromatic rings. The lowest BCUT2D eigenvalue weighted by molar-refractivity contribution is 0.395. The van der Waals surface area contributed by atoms with Gasteiger partial charge in [-0.2, -0.15) is 5.26 Å². The van der Waals surface area contributed by atoms with Gasteiger partial charge in [0.15, 0.2) is 0 Å². The molecular formula is C9H18N2. The summed E-state index contributed by atoms with van der Waals surface area (Å²) in [5.74, 6) is 0.514. The first-order valence-electron chi connectivity index (χ1n) is 4.43. The van der Waals surface area contributed by atoms with Crippen LogP contribution in [0.5, 0.6) is 0 Å². The number of hydrogen-bond acceptors (Lipinski definition) is 2. The highest BCUT2D eigenvalue weighted by molar-refractivity contribution is 4.93. The molecule has 2 heteroatoms. The molecule has 0 heterocycles. The highest BCUT2D eigenvalue weighted by atomic mass is 14.9. The van der Waals surface area contributed by atoms with Crippen LogP contribution in [0.15, 0.2) is 0 Å². The first kappa shape index (κ1) is 10.4. The van der Waals surface area contributed by atoms with Crippen molar-refractivity contribution < 1.29 is 0 Å². The molecule has 1 atom stereocenters. The average Bonchev–Trinajstić information content (AvgIpc) is 2.05. The molecule has 0 spiro atoms. The van der Waals surface area contributed by atoms with Gasteiger partial charge in [-0.3, -0.25) is 0 Å². The molecule has 0 aliphatic heterocycles. The van der Waals surface area contributed by atoms with Gasteiger partial charge in [-0.15, -0.1) is 0 Å². The zero-order valence-corrected chi connectivity index (χ0v) is 7.72.